The van der Waals surface area contributed by atoms with E-state index in [-0.39, 0.29) is 18.1 Å². The van der Waals surface area contributed by atoms with Crippen molar-refractivity contribution in [3.63, 3.8) is 0 Å². The van der Waals surface area contributed by atoms with Crippen LogP contribution in [0.4, 0.5) is 0 Å². The number of aryl methyl sites for hydroxylation is 1. The Morgan fingerprint density at radius 3 is 2.57 bits per heavy atom. The van der Waals surface area contributed by atoms with Gasteiger partial charge in [0, 0.05) is 6.07 Å². The van der Waals surface area contributed by atoms with Gasteiger partial charge in [0.2, 0.25) is 16.8 Å². The van der Waals surface area contributed by atoms with E-state index in [0.29, 0.717) is 23.5 Å². The minimum atomic E-state index is -3.95. The van der Waals surface area contributed by atoms with Crippen LogP contribution in [0.3, 0.4) is 0 Å². The molecule has 0 bridgehead atoms. The van der Waals surface area contributed by atoms with Crippen LogP contribution in [0.5, 0.6) is 11.5 Å². The van der Waals surface area contributed by atoms with Gasteiger partial charge in [-0.15, -0.1) is 0 Å². The predicted molar refractivity (Wildman–Crippen MR) is 74.0 cm³/mol. The number of nitrogens with one attached hydrogen (secondary N) is 1. The zero-order valence-electron chi connectivity index (χ0n) is 11.8. The molecule has 1 unspecified atom stereocenters. The highest BCUT2D eigenvalue weighted by Gasteiger charge is 2.28. The van der Waals surface area contributed by atoms with Crippen molar-refractivity contribution in [2.75, 3.05) is 6.79 Å². The number of hydrogen-bond donors (Lipinski definition) is 2. The number of aliphatic carboxylic acids is 1. The number of sulfonamides is 1. The Kier molecular flexibility index (Phi) is 4.38. The number of benzene rings is 1. The Hall–Kier alpha value is -1.80. The number of rotatable bonds is 6. The average Bonchev–Trinajstić information content (AvgIpc) is 2.83. The second-order valence-electron chi connectivity index (χ2n) is 4.77. The van der Waals surface area contributed by atoms with Crippen molar-refractivity contribution in [1.82, 2.24) is 4.72 Å². The molecule has 0 saturated carbocycles. The maximum Gasteiger partial charge on any atom is 0.321 e. The number of carboxylic acid groups (broad SMARTS) is 1. The first kappa shape index (κ1) is 15.6. The van der Waals surface area contributed by atoms with Crippen LogP contribution in [0.25, 0.3) is 0 Å². The monoisotopic (exact) mass is 315 g/mol. The number of hydrogen-bond acceptors (Lipinski definition) is 5. The lowest BCUT2D eigenvalue weighted by molar-refractivity contribution is -0.139. The molecule has 0 aromatic heterocycles. The Morgan fingerprint density at radius 2 is 2.00 bits per heavy atom. The van der Waals surface area contributed by atoms with Gasteiger partial charge in [0.15, 0.2) is 11.5 Å². The lowest BCUT2D eigenvalue weighted by Crippen LogP contribution is -2.40. The van der Waals surface area contributed by atoms with E-state index >= 15 is 0 Å². The van der Waals surface area contributed by atoms with Gasteiger partial charge in [-0.3, -0.25) is 4.79 Å². The molecule has 0 saturated heterocycles. The van der Waals surface area contributed by atoms with Gasteiger partial charge in [-0.25, -0.2) is 8.42 Å². The third-order valence-electron chi connectivity index (χ3n) is 3.13. The van der Waals surface area contributed by atoms with Gasteiger partial charge in [-0.05, 0) is 25.0 Å². The Bertz CT molecular complexity index is 655. The SMILES string of the molecule is CCCC(NS(=O)(=O)c1cc2c(cc1C)OCO2)C(=O)O. The number of carbonyl (C=O) groups is 1. The van der Waals surface area contributed by atoms with E-state index in [4.69, 9.17) is 14.6 Å². The summed E-state index contributed by atoms with van der Waals surface area (Å²) in [6.07, 6.45) is 0.776. The molecule has 2 rings (SSSR count). The zero-order valence-corrected chi connectivity index (χ0v) is 12.6. The van der Waals surface area contributed by atoms with Gasteiger partial charge < -0.3 is 14.6 Å². The third kappa shape index (κ3) is 3.27. The average molecular weight is 315 g/mol. The first-order valence-electron chi connectivity index (χ1n) is 6.50. The molecule has 1 atom stereocenters. The summed E-state index contributed by atoms with van der Waals surface area (Å²) < 4.78 is 37.3. The van der Waals surface area contributed by atoms with Crippen LogP contribution in [-0.4, -0.2) is 32.3 Å². The molecular weight excluding hydrogens is 298 g/mol. The van der Waals surface area contributed by atoms with Gasteiger partial charge in [0.1, 0.15) is 6.04 Å². The van der Waals surface area contributed by atoms with E-state index in [1.807, 2.05) is 0 Å². The molecule has 1 aliphatic rings. The summed E-state index contributed by atoms with van der Waals surface area (Å²) in [6, 6.07) is 1.77. The third-order valence-corrected chi connectivity index (χ3v) is 4.75. The van der Waals surface area contributed by atoms with Crippen molar-refractivity contribution in [2.24, 2.45) is 0 Å². The lowest BCUT2D eigenvalue weighted by atomic mass is 10.2. The molecule has 0 radical (unpaired) electrons. The number of carboxylic acids is 1. The van der Waals surface area contributed by atoms with Crippen molar-refractivity contribution in [2.45, 2.75) is 37.6 Å². The van der Waals surface area contributed by atoms with Crippen LogP contribution in [0, 0.1) is 6.92 Å². The van der Waals surface area contributed by atoms with Crippen LogP contribution >= 0.6 is 0 Å². The summed E-state index contributed by atoms with van der Waals surface area (Å²) in [6.45, 7) is 3.45. The van der Waals surface area contributed by atoms with Crippen LogP contribution in [0.1, 0.15) is 25.3 Å². The largest absolute Gasteiger partial charge is 0.480 e. The fourth-order valence-corrected chi connectivity index (χ4v) is 3.55. The smallest absolute Gasteiger partial charge is 0.321 e. The van der Waals surface area contributed by atoms with Crippen molar-refractivity contribution in [1.29, 1.82) is 0 Å². The van der Waals surface area contributed by atoms with E-state index in [2.05, 4.69) is 4.72 Å². The van der Waals surface area contributed by atoms with Crippen molar-refractivity contribution >= 4 is 16.0 Å². The summed E-state index contributed by atoms with van der Waals surface area (Å²) in [5.41, 5.74) is 0.465. The second kappa shape index (κ2) is 5.90. The molecule has 2 N–H and O–H groups in total. The second-order valence-corrected chi connectivity index (χ2v) is 6.45. The first-order valence-corrected chi connectivity index (χ1v) is 7.99. The highest BCUT2D eigenvalue weighted by atomic mass is 32.2. The first-order chi connectivity index (χ1) is 9.85. The summed E-state index contributed by atoms with van der Waals surface area (Å²) in [4.78, 5) is 11.1. The van der Waals surface area contributed by atoms with Gasteiger partial charge in [0.05, 0.1) is 4.90 Å². The molecule has 1 aliphatic heterocycles. The summed E-state index contributed by atoms with van der Waals surface area (Å²) in [7, 11) is -3.95. The van der Waals surface area contributed by atoms with Crippen LogP contribution in [0.2, 0.25) is 0 Å². The predicted octanol–water partition coefficient (Wildman–Crippen LogP) is 1.26. The molecule has 1 aromatic rings. The molecule has 1 aromatic carbocycles. The molecule has 0 fully saturated rings. The summed E-state index contributed by atoms with van der Waals surface area (Å²) in [5.74, 6) is -0.378. The highest BCUT2D eigenvalue weighted by molar-refractivity contribution is 7.89. The maximum atomic E-state index is 12.4. The zero-order chi connectivity index (χ0) is 15.6. The Balaban J connectivity index is 2.33. The molecule has 0 amide bonds. The quantitative estimate of drug-likeness (QED) is 0.819. The summed E-state index contributed by atoms with van der Waals surface area (Å²) in [5, 5.41) is 9.07. The van der Waals surface area contributed by atoms with Gasteiger partial charge >= 0.3 is 5.97 Å². The van der Waals surface area contributed by atoms with E-state index in [1.165, 1.54) is 6.07 Å². The van der Waals surface area contributed by atoms with Gasteiger partial charge in [-0.1, -0.05) is 13.3 Å². The fraction of sp³-hybridized carbons (Fsp3) is 0.462. The van der Waals surface area contributed by atoms with Crippen molar-refractivity contribution in [3.05, 3.63) is 17.7 Å². The molecule has 1 heterocycles. The topological polar surface area (TPSA) is 102 Å². The summed E-state index contributed by atoms with van der Waals surface area (Å²) >= 11 is 0. The lowest BCUT2D eigenvalue weighted by Gasteiger charge is -2.15. The minimum absolute atomic E-state index is 0.00546. The maximum absolute atomic E-state index is 12.4. The van der Waals surface area contributed by atoms with Crippen molar-refractivity contribution < 1.29 is 27.8 Å². The molecule has 7 nitrogen and oxygen atoms in total. The van der Waals surface area contributed by atoms with Crippen LogP contribution < -0.4 is 14.2 Å². The van der Waals surface area contributed by atoms with Crippen LogP contribution in [0.15, 0.2) is 17.0 Å². The molecule has 116 valence electrons. The Labute approximate surface area is 122 Å². The normalized spacial score (nSPS) is 15.0. The minimum Gasteiger partial charge on any atom is -0.480 e. The van der Waals surface area contributed by atoms with Gasteiger partial charge in [-0.2, -0.15) is 4.72 Å². The van der Waals surface area contributed by atoms with E-state index in [9.17, 15) is 13.2 Å². The standard InChI is InChI=1S/C13H17NO6S/c1-3-4-9(13(15)16)14-21(17,18)12-6-11-10(5-8(12)2)19-7-20-11/h5-6,9,14H,3-4,7H2,1-2H3,(H,15,16). The number of ether oxygens (including phenoxy) is 2. The number of fused-ring (bicyclic) bond motifs is 1. The van der Waals surface area contributed by atoms with E-state index in [0.717, 1.165) is 0 Å². The highest BCUT2D eigenvalue weighted by Crippen LogP contribution is 2.36. The molecule has 0 aliphatic carbocycles. The molecule has 8 heteroatoms. The van der Waals surface area contributed by atoms with E-state index in [1.54, 1.807) is 19.9 Å². The molecule has 21 heavy (non-hydrogen) atoms. The molecule has 0 spiro atoms. The van der Waals surface area contributed by atoms with Gasteiger partial charge in [0.25, 0.3) is 0 Å². The molecular formula is C13H17NO6S. The van der Waals surface area contributed by atoms with Crippen LogP contribution in [-0.2, 0) is 14.8 Å². The van der Waals surface area contributed by atoms with E-state index < -0.39 is 22.0 Å². The Morgan fingerprint density at radius 1 is 1.38 bits per heavy atom. The fourth-order valence-electron chi connectivity index (χ4n) is 2.09. The van der Waals surface area contributed by atoms with Crippen molar-refractivity contribution in [3.8, 4) is 11.5 Å².